The quantitative estimate of drug-likeness (QED) is 0.675. The molecule has 0 fully saturated rings. The number of anilines is 1. The smallest absolute Gasteiger partial charge is 0.229 e. The van der Waals surface area contributed by atoms with Crippen molar-refractivity contribution in [2.24, 2.45) is 0 Å². The largest absolute Gasteiger partial charge is 0.464 e. The Balaban J connectivity index is 1.85. The maximum atomic E-state index is 12.3. The van der Waals surface area contributed by atoms with E-state index >= 15 is 0 Å². The number of fused-ring (bicyclic) bond motifs is 1. The summed E-state index contributed by atoms with van der Waals surface area (Å²) in [7, 11) is 0. The van der Waals surface area contributed by atoms with Gasteiger partial charge < -0.3 is 9.73 Å². The van der Waals surface area contributed by atoms with Crippen LogP contribution in [0.15, 0.2) is 41.0 Å². The van der Waals surface area contributed by atoms with Crippen molar-refractivity contribution in [3.63, 3.8) is 0 Å². The summed E-state index contributed by atoms with van der Waals surface area (Å²) in [6.45, 7) is 4.04. The van der Waals surface area contributed by atoms with Gasteiger partial charge in [-0.15, -0.1) is 0 Å². The zero-order chi connectivity index (χ0) is 16.6. The Labute approximate surface area is 144 Å². The highest BCUT2D eigenvalue weighted by molar-refractivity contribution is 6.39. The van der Waals surface area contributed by atoms with Crippen LogP contribution < -0.4 is 5.32 Å². The molecule has 1 amide bonds. The van der Waals surface area contributed by atoms with E-state index in [4.69, 9.17) is 27.6 Å². The second-order valence-electron chi connectivity index (χ2n) is 5.47. The van der Waals surface area contributed by atoms with Crippen LogP contribution in [-0.2, 0) is 11.2 Å². The SMILES string of the molecule is Cc1ccc2c(CC(=O)Nc3c(Cl)cccc3Cl)coc2c1C. The summed E-state index contributed by atoms with van der Waals surface area (Å²) in [4.78, 5) is 12.3. The Morgan fingerprint density at radius 1 is 1.13 bits per heavy atom. The van der Waals surface area contributed by atoms with Crippen LogP contribution in [0.4, 0.5) is 5.69 Å². The van der Waals surface area contributed by atoms with Gasteiger partial charge in [0.15, 0.2) is 0 Å². The van der Waals surface area contributed by atoms with Gasteiger partial charge in [0.05, 0.1) is 28.4 Å². The van der Waals surface area contributed by atoms with Crippen molar-refractivity contribution in [3.05, 3.63) is 63.3 Å². The van der Waals surface area contributed by atoms with E-state index in [1.807, 2.05) is 26.0 Å². The maximum Gasteiger partial charge on any atom is 0.229 e. The molecular weight excluding hydrogens is 333 g/mol. The molecule has 0 aliphatic carbocycles. The standard InChI is InChI=1S/C18H15Cl2NO2/c1-10-6-7-13-12(9-23-18(13)11(10)2)8-16(22)21-17-14(19)4-3-5-15(17)20/h3-7,9H,8H2,1-2H3,(H,21,22). The minimum absolute atomic E-state index is 0.192. The van der Waals surface area contributed by atoms with Crippen molar-refractivity contribution in [1.82, 2.24) is 0 Å². The average molecular weight is 348 g/mol. The molecule has 3 nitrogen and oxygen atoms in total. The van der Waals surface area contributed by atoms with Gasteiger partial charge in [-0.05, 0) is 37.1 Å². The summed E-state index contributed by atoms with van der Waals surface area (Å²) >= 11 is 12.1. The van der Waals surface area contributed by atoms with E-state index in [1.54, 1.807) is 24.5 Å². The number of hydrogen-bond acceptors (Lipinski definition) is 2. The fraction of sp³-hybridized carbons (Fsp3) is 0.167. The third-order valence-electron chi connectivity index (χ3n) is 3.92. The molecule has 1 heterocycles. The monoisotopic (exact) mass is 347 g/mol. The topological polar surface area (TPSA) is 42.2 Å². The zero-order valence-electron chi connectivity index (χ0n) is 12.7. The van der Waals surface area contributed by atoms with Gasteiger partial charge >= 0.3 is 0 Å². The van der Waals surface area contributed by atoms with Gasteiger partial charge in [-0.1, -0.05) is 41.4 Å². The van der Waals surface area contributed by atoms with Gasteiger partial charge in [0.2, 0.25) is 5.91 Å². The number of halogens is 2. The molecule has 0 unspecified atom stereocenters. The summed E-state index contributed by atoms with van der Waals surface area (Å²) in [5, 5.41) is 4.54. The van der Waals surface area contributed by atoms with Gasteiger partial charge in [-0.2, -0.15) is 0 Å². The van der Waals surface area contributed by atoms with Crippen molar-refractivity contribution in [2.75, 3.05) is 5.32 Å². The van der Waals surface area contributed by atoms with Crippen LogP contribution >= 0.6 is 23.2 Å². The minimum Gasteiger partial charge on any atom is -0.464 e. The molecule has 0 spiro atoms. The molecule has 0 radical (unpaired) electrons. The summed E-state index contributed by atoms with van der Waals surface area (Å²) in [5.74, 6) is -0.194. The first-order chi connectivity index (χ1) is 11.0. The molecule has 3 aromatic rings. The molecule has 0 atom stereocenters. The minimum atomic E-state index is -0.194. The molecule has 0 aliphatic rings. The fourth-order valence-electron chi connectivity index (χ4n) is 2.50. The van der Waals surface area contributed by atoms with Crippen molar-refractivity contribution in [3.8, 4) is 0 Å². The number of rotatable bonds is 3. The number of benzene rings is 2. The van der Waals surface area contributed by atoms with Gasteiger partial charge in [0.25, 0.3) is 0 Å². The molecule has 5 heteroatoms. The van der Waals surface area contributed by atoms with Crippen LogP contribution in [-0.4, -0.2) is 5.91 Å². The van der Waals surface area contributed by atoms with E-state index < -0.39 is 0 Å². The Morgan fingerprint density at radius 3 is 2.52 bits per heavy atom. The predicted octanol–water partition coefficient (Wildman–Crippen LogP) is 5.54. The summed E-state index contributed by atoms with van der Waals surface area (Å²) in [5.41, 5.74) is 4.34. The van der Waals surface area contributed by atoms with Crippen LogP contribution in [0, 0.1) is 13.8 Å². The highest BCUT2D eigenvalue weighted by Crippen LogP contribution is 2.31. The molecule has 23 heavy (non-hydrogen) atoms. The number of hydrogen-bond donors (Lipinski definition) is 1. The highest BCUT2D eigenvalue weighted by Gasteiger charge is 2.15. The number of furan rings is 1. The maximum absolute atomic E-state index is 12.3. The molecule has 1 aromatic heterocycles. The van der Waals surface area contributed by atoms with Gasteiger partial charge in [-0.3, -0.25) is 4.79 Å². The average Bonchev–Trinajstić information content (AvgIpc) is 2.90. The lowest BCUT2D eigenvalue weighted by Gasteiger charge is -2.08. The zero-order valence-corrected chi connectivity index (χ0v) is 14.3. The van der Waals surface area contributed by atoms with E-state index in [1.165, 1.54) is 0 Å². The normalized spacial score (nSPS) is 11.0. The van der Waals surface area contributed by atoms with Crippen LogP contribution in [0.1, 0.15) is 16.7 Å². The number of amides is 1. The van der Waals surface area contributed by atoms with E-state index in [0.29, 0.717) is 15.7 Å². The highest BCUT2D eigenvalue weighted by atomic mass is 35.5. The van der Waals surface area contributed by atoms with Crippen LogP contribution in [0.25, 0.3) is 11.0 Å². The van der Waals surface area contributed by atoms with Crippen LogP contribution in [0.2, 0.25) is 10.0 Å². The second kappa shape index (κ2) is 6.26. The first kappa shape index (κ1) is 15.9. The fourth-order valence-corrected chi connectivity index (χ4v) is 2.99. The molecule has 0 saturated heterocycles. The summed E-state index contributed by atoms with van der Waals surface area (Å²) < 4.78 is 5.63. The Morgan fingerprint density at radius 2 is 1.83 bits per heavy atom. The van der Waals surface area contributed by atoms with E-state index in [-0.39, 0.29) is 12.3 Å². The molecule has 118 valence electrons. The molecule has 0 saturated carbocycles. The van der Waals surface area contributed by atoms with Crippen molar-refractivity contribution in [2.45, 2.75) is 20.3 Å². The number of para-hydroxylation sites is 1. The number of carbonyl (C=O) groups is 1. The Hall–Kier alpha value is -1.97. The summed E-state index contributed by atoms with van der Waals surface area (Å²) in [6.07, 6.45) is 1.82. The van der Waals surface area contributed by atoms with E-state index in [9.17, 15) is 4.79 Å². The molecule has 3 rings (SSSR count). The molecule has 0 aliphatic heterocycles. The first-order valence-electron chi connectivity index (χ1n) is 7.17. The Bertz CT molecular complexity index is 879. The van der Waals surface area contributed by atoms with E-state index in [0.717, 1.165) is 27.7 Å². The molecular formula is C18H15Cl2NO2. The van der Waals surface area contributed by atoms with Crippen LogP contribution in [0.5, 0.6) is 0 Å². The predicted molar refractivity (Wildman–Crippen MR) is 94.5 cm³/mol. The third kappa shape index (κ3) is 3.07. The van der Waals surface area contributed by atoms with Crippen LogP contribution in [0.3, 0.4) is 0 Å². The lowest BCUT2D eigenvalue weighted by Crippen LogP contribution is -2.14. The van der Waals surface area contributed by atoms with Gasteiger partial charge in [0.1, 0.15) is 5.58 Å². The Kier molecular flexibility index (Phi) is 4.33. The van der Waals surface area contributed by atoms with Gasteiger partial charge in [-0.25, -0.2) is 0 Å². The lowest BCUT2D eigenvalue weighted by molar-refractivity contribution is -0.115. The lowest BCUT2D eigenvalue weighted by atomic mass is 10.0. The first-order valence-corrected chi connectivity index (χ1v) is 7.93. The summed E-state index contributed by atoms with van der Waals surface area (Å²) in [6, 6.07) is 9.10. The van der Waals surface area contributed by atoms with Crippen molar-refractivity contribution >= 4 is 45.8 Å². The number of carbonyl (C=O) groups excluding carboxylic acids is 1. The van der Waals surface area contributed by atoms with E-state index in [2.05, 4.69) is 5.32 Å². The number of aryl methyl sites for hydroxylation is 2. The molecule has 0 bridgehead atoms. The molecule has 1 N–H and O–H groups in total. The second-order valence-corrected chi connectivity index (χ2v) is 6.28. The number of nitrogens with one attached hydrogen (secondary N) is 1. The van der Waals surface area contributed by atoms with Crippen molar-refractivity contribution < 1.29 is 9.21 Å². The van der Waals surface area contributed by atoms with Gasteiger partial charge in [0, 0.05) is 10.9 Å². The molecule has 2 aromatic carbocycles. The van der Waals surface area contributed by atoms with Crippen molar-refractivity contribution in [1.29, 1.82) is 0 Å². The third-order valence-corrected chi connectivity index (χ3v) is 4.55.